The van der Waals surface area contributed by atoms with Crippen LogP contribution in [0.5, 0.6) is 0 Å². The summed E-state index contributed by atoms with van der Waals surface area (Å²) in [7, 11) is 0. The van der Waals surface area contributed by atoms with E-state index in [9.17, 15) is 9.59 Å². The maximum absolute atomic E-state index is 13.0. The van der Waals surface area contributed by atoms with Gasteiger partial charge >= 0.3 is 0 Å². The SMILES string of the molecule is O=C(CC1CCCCC1)NC1CCC(C(=O)N2CCN(Cc3ccco3)CC2)CC1. The van der Waals surface area contributed by atoms with E-state index >= 15 is 0 Å². The highest BCUT2D eigenvalue weighted by molar-refractivity contribution is 5.79. The molecule has 4 rings (SSSR count). The van der Waals surface area contributed by atoms with Crippen molar-refractivity contribution in [2.75, 3.05) is 26.2 Å². The topological polar surface area (TPSA) is 65.8 Å². The molecule has 1 saturated heterocycles. The second-order valence-electron chi connectivity index (χ2n) is 9.51. The van der Waals surface area contributed by atoms with Crippen LogP contribution >= 0.6 is 0 Å². The van der Waals surface area contributed by atoms with E-state index in [2.05, 4.69) is 10.2 Å². The maximum Gasteiger partial charge on any atom is 0.225 e. The highest BCUT2D eigenvalue weighted by Crippen LogP contribution is 2.28. The molecular formula is C24H37N3O3. The summed E-state index contributed by atoms with van der Waals surface area (Å²) in [5, 5.41) is 3.25. The van der Waals surface area contributed by atoms with Gasteiger partial charge in [-0.05, 0) is 56.6 Å². The van der Waals surface area contributed by atoms with Crippen molar-refractivity contribution in [3.05, 3.63) is 24.2 Å². The van der Waals surface area contributed by atoms with Gasteiger partial charge in [0.05, 0.1) is 12.8 Å². The molecule has 2 saturated carbocycles. The molecule has 2 heterocycles. The molecule has 1 aromatic rings. The zero-order chi connectivity index (χ0) is 20.8. The minimum Gasteiger partial charge on any atom is -0.468 e. The Hall–Kier alpha value is -1.82. The molecule has 0 atom stereocenters. The largest absolute Gasteiger partial charge is 0.468 e. The Morgan fingerprint density at radius 2 is 1.70 bits per heavy atom. The van der Waals surface area contributed by atoms with Crippen LogP contribution in [0.4, 0.5) is 0 Å². The maximum atomic E-state index is 13.0. The first-order valence-electron chi connectivity index (χ1n) is 12.0. The molecule has 166 valence electrons. The van der Waals surface area contributed by atoms with Gasteiger partial charge in [0.25, 0.3) is 0 Å². The molecule has 0 unspecified atom stereocenters. The van der Waals surface area contributed by atoms with Gasteiger partial charge in [-0.1, -0.05) is 19.3 Å². The Kier molecular flexibility index (Phi) is 7.47. The minimum atomic E-state index is 0.133. The summed E-state index contributed by atoms with van der Waals surface area (Å²) >= 11 is 0. The van der Waals surface area contributed by atoms with Gasteiger partial charge in [-0.2, -0.15) is 0 Å². The van der Waals surface area contributed by atoms with Crippen LogP contribution in [0.15, 0.2) is 22.8 Å². The van der Waals surface area contributed by atoms with E-state index in [1.165, 1.54) is 32.1 Å². The fourth-order valence-electron chi connectivity index (χ4n) is 5.43. The summed E-state index contributed by atoms with van der Waals surface area (Å²) in [6, 6.07) is 4.18. The number of nitrogens with one attached hydrogen (secondary N) is 1. The number of hydrogen-bond acceptors (Lipinski definition) is 4. The van der Waals surface area contributed by atoms with Crippen LogP contribution in [0.1, 0.15) is 70.0 Å². The molecule has 2 amide bonds. The number of carbonyl (C=O) groups is 2. The second kappa shape index (κ2) is 10.5. The van der Waals surface area contributed by atoms with E-state index in [-0.39, 0.29) is 17.9 Å². The van der Waals surface area contributed by atoms with E-state index < -0.39 is 0 Å². The Bertz CT molecular complexity index is 668. The Morgan fingerprint density at radius 3 is 2.37 bits per heavy atom. The summed E-state index contributed by atoms with van der Waals surface area (Å²) in [6.45, 7) is 4.23. The van der Waals surface area contributed by atoms with Crippen molar-refractivity contribution in [1.29, 1.82) is 0 Å². The molecule has 3 aliphatic rings. The molecule has 0 radical (unpaired) electrons. The number of furan rings is 1. The molecule has 0 bridgehead atoms. The Labute approximate surface area is 180 Å². The Morgan fingerprint density at radius 1 is 0.967 bits per heavy atom. The van der Waals surface area contributed by atoms with E-state index in [1.807, 2.05) is 17.0 Å². The van der Waals surface area contributed by atoms with Crippen molar-refractivity contribution in [2.24, 2.45) is 11.8 Å². The summed E-state index contributed by atoms with van der Waals surface area (Å²) in [5.74, 6) is 2.25. The molecule has 3 fully saturated rings. The third-order valence-corrected chi connectivity index (χ3v) is 7.28. The number of amides is 2. The van der Waals surface area contributed by atoms with Crippen LogP contribution in [-0.4, -0.2) is 53.8 Å². The lowest BCUT2D eigenvalue weighted by Gasteiger charge is -2.37. The predicted molar refractivity (Wildman–Crippen MR) is 116 cm³/mol. The molecule has 1 aliphatic heterocycles. The first-order valence-corrected chi connectivity index (χ1v) is 12.0. The van der Waals surface area contributed by atoms with Gasteiger partial charge in [0.15, 0.2) is 0 Å². The van der Waals surface area contributed by atoms with E-state index in [0.717, 1.165) is 64.2 Å². The monoisotopic (exact) mass is 415 g/mol. The number of hydrogen-bond donors (Lipinski definition) is 1. The van der Waals surface area contributed by atoms with Crippen molar-refractivity contribution in [3.8, 4) is 0 Å². The lowest BCUT2D eigenvalue weighted by atomic mass is 9.84. The van der Waals surface area contributed by atoms with Gasteiger partial charge in [-0.15, -0.1) is 0 Å². The summed E-state index contributed by atoms with van der Waals surface area (Å²) in [6.07, 6.45) is 12.4. The third-order valence-electron chi connectivity index (χ3n) is 7.28. The van der Waals surface area contributed by atoms with Crippen LogP contribution < -0.4 is 5.32 Å². The number of nitrogens with zero attached hydrogens (tertiary/aromatic N) is 2. The standard InChI is InChI=1S/C24H37N3O3/c28-23(17-19-5-2-1-3-6-19)25-21-10-8-20(9-11-21)24(29)27-14-12-26(13-15-27)18-22-7-4-16-30-22/h4,7,16,19-21H,1-3,5-6,8-15,17-18H2,(H,25,28). The number of carbonyl (C=O) groups excluding carboxylic acids is 2. The van der Waals surface area contributed by atoms with E-state index in [1.54, 1.807) is 6.26 Å². The van der Waals surface area contributed by atoms with E-state index in [4.69, 9.17) is 4.42 Å². The van der Waals surface area contributed by atoms with Gasteiger partial charge in [0, 0.05) is 44.6 Å². The molecule has 1 N–H and O–H groups in total. The second-order valence-corrected chi connectivity index (χ2v) is 9.51. The van der Waals surface area contributed by atoms with Crippen LogP contribution in [0.3, 0.4) is 0 Å². The van der Waals surface area contributed by atoms with Gasteiger partial charge in [0.1, 0.15) is 5.76 Å². The zero-order valence-electron chi connectivity index (χ0n) is 18.2. The fraction of sp³-hybridized carbons (Fsp3) is 0.750. The van der Waals surface area contributed by atoms with Gasteiger partial charge in [0.2, 0.25) is 11.8 Å². The van der Waals surface area contributed by atoms with Crippen LogP contribution in [0.25, 0.3) is 0 Å². The predicted octanol–water partition coefficient (Wildman–Crippen LogP) is 3.57. The normalized spacial score (nSPS) is 26.5. The van der Waals surface area contributed by atoms with Gasteiger partial charge in [-0.25, -0.2) is 0 Å². The molecular weight excluding hydrogens is 378 g/mol. The molecule has 0 spiro atoms. The summed E-state index contributed by atoms with van der Waals surface area (Å²) < 4.78 is 5.43. The van der Waals surface area contributed by atoms with Crippen LogP contribution in [-0.2, 0) is 16.1 Å². The average Bonchev–Trinajstić information content (AvgIpc) is 3.28. The quantitative estimate of drug-likeness (QED) is 0.771. The average molecular weight is 416 g/mol. The highest BCUT2D eigenvalue weighted by Gasteiger charge is 2.32. The van der Waals surface area contributed by atoms with Crippen molar-refractivity contribution >= 4 is 11.8 Å². The molecule has 2 aliphatic carbocycles. The number of piperazine rings is 1. The molecule has 1 aromatic heterocycles. The van der Waals surface area contributed by atoms with Crippen LogP contribution in [0.2, 0.25) is 0 Å². The van der Waals surface area contributed by atoms with Gasteiger partial charge < -0.3 is 14.6 Å². The first kappa shape index (κ1) is 21.4. The molecule has 0 aromatic carbocycles. The number of rotatable bonds is 6. The fourth-order valence-corrected chi connectivity index (χ4v) is 5.43. The van der Waals surface area contributed by atoms with Crippen molar-refractivity contribution < 1.29 is 14.0 Å². The highest BCUT2D eigenvalue weighted by atomic mass is 16.3. The van der Waals surface area contributed by atoms with Crippen molar-refractivity contribution in [2.45, 2.75) is 76.8 Å². The lowest BCUT2D eigenvalue weighted by molar-refractivity contribution is -0.138. The smallest absolute Gasteiger partial charge is 0.225 e. The molecule has 30 heavy (non-hydrogen) atoms. The lowest BCUT2D eigenvalue weighted by Crippen LogP contribution is -2.50. The summed E-state index contributed by atoms with van der Waals surface area (Å²) in [4.78, 5) is 29.8. The molecule has 6 heteroatoms. The van der Waals surface area contributed by atoms with Crippen LogP contribution in [0, 0.1) is 11.8 Å². The van der Waals surface area contributed by atoms with Gasteiger partial charge in [-0.3, -0.25) is 14.5 Å². The Balaban J connectivity index is 1.14. The van der Waals surface area contributed by atoms with Crippen molar-refractivity contribution in [3.63, 3.8) is 0 Å². The molecule has 6 nitrogen and oxygen atoms in total. The summed E-state index contributed by atoms with van der Waals surface area (Å²) in [5.41, 5.74) is 0. The van der Waals surface area contributed by atoms with Crippen molar-refractivity contribution in [1.82, 2.24) is 15.1 Å². The first-order chi connectivity index (χ1) is 14.7. The van der Waals surface area contributed by atoms with E-state index in [0.29, 0.717) is 18.2 Å². The third kappa shape index (κ3) is 5.87. The zero-order valence-corrected chi connectivity index (χ0v) is 18.2. The minimum absolute atomic E-state index is 0.133.